The number of aromatic nitrogens is 2. The van der Waals surface area contributed by atoms with Crippen LogP contribution in [0, 0.1) is 0 Å². The molecule has 12 heavy (non-hydrogen) atoms. The van der Waals surface area contributed by atoms with Crippen molar-refractivity contribution >= 4 is 0 Å². The highest BCUT2D eigenvalue weighted by Gasteiger charge is 1.96. The largest absolute Gasteiger partial charge is 0.320 e. The maximum Gasteiger partial charge on any atom is 0.0492 e. The minimum Gasteiger partial charge on any atom is -0.320 e. The molecule has 0 aliphatic rings. The lowest BCUT2D eigenvalue weighted by Gasteiger charge is -2.01. The van der Waals surface area contributed by atoms with E-state index in [1.807, 2.05) is 25.0 Å². The number of aryl methyl sites for hydroxylation is 2. The Morgan fingerprint density at radius 3 is 2.92 bits per heavy atom. The number of unbranched alkanes of at least 4 members (excludes halogenated alkanes) is 1. The predicted molar refractivity (Wildman–Crippen MR) is 50.1 cm³/mol. The van der Waals surface area contributed by atoms with Gasteiger partial charge >= 0.3 is 0 Å². The zero-order valence-electron chi connectivity index (χ0n) is 7.88. The summed E-state index contributed by atoms with van der Waals surface area (Å²) in [6, 6.07) is 2.08. The van der Waals surface area contributed by atoms with Crippen molar-refractivity contribution in [2.45, 2.75) is 19.3 Å². The number of rotatable bonds is 5. The molecule has 0 saturated heterocycles. The lowest BCUT2D eigenvalue weighted by molar-refractivity contribution is 0.638. The summed E-state index contributed by atoms with van der Waals surface area (Å²) in [5.74, 6) is 0. The third kappa shape index (κ3) is 2.66. The van der Waals surface area contributed by atoms with Gasteiger partial charge in [-0.25, -0.2) is 0 Å². The molecule has 1 N–H and O–H groups in total. The fourth-order valence-corrected chi connectivity index (χ4v) is 1.25. The predicted octanol–water partition coefficient (Wildman–Crippen LogP) is 0.962. The lowest BCUT2D eigenvalue weighted by atomic mass is 10.2. The molecule has 1 aromatic rings. The molecule has 1 aromatic heterocycles. The monoisotopic (exact) mass is 167 g/mol. The molecule has 0 amide bonds. The normalized spacial score (nSPS) is 10.5. The summed E-state index contributed by atoms with van der Waals surface area (Å²) in [4.78, 5) is 0. The van der Waals surface area contributed by atoms with Crippen molar-refractivity contribution in [3.63, 3.8) is 0 Å². The molecular weight excluding hydrogens is 150 g/mol. The minimum absolute atomic E-state index is 1.11. The van der Waals surface area contributed by atoms with Crippen molar-refractivity contribution in [3.05, 3.63) is 18.0 Å². The molecule has 0 bridgehead atoms. The van der Waals surface area contributed by atoms with Gasteiger partial charge in [0, 0.05) is 18.9 Å². The molecule has 68 valence electrons. The second-order valence-electron chi connectivity index (χ2n) is 3.01. The fourth-order valence-electron chi connectivity index (χ4n) is 1.25. The van der Waals surface area contributed by atoms with Crippen LogP contribution in [0.15, 0.2) is 12.3 Å². The van der Waals surface area contributed by atoms with Crippen molar-refractivity contribution in [2.75, 3.05) is 13.6 Å². The minimum atomic E-state index is 1.11. The van der Waals surface area contributed by atoms with Crippen LogP contribution in [0.25, 0.3) is 0 Å². The van der Waals surface area contributed by atoms with E-state index in [0.29, 0.717) is 0 Å². The summed E-state index contributed by atoms with van der Waals surface area (Å²) in [7, 11) is 3.98. The van der Waals surface area contributed by atoms with E-state index < -0.39 is 0 Å². The molecule has 3 nitrogen and oxygen atoms in total. The van der Waals surface area contributed by atoms with Crippen LogP contribution in [-0.4, -0.2) is 23.4 Å². The Hall–Kier alpha value is -0.830. The fraction of sp³-hybridized carbons (Fsp3) is 0.667. The molecule has 0 unspecified atom stereocenters. The Morgan fingerprint density at radius 2 is 2.33 bits per heavy atom. The topological polar surface area (TPSA) is 29.9 Å². The second kappa shape index (κ2) is 4.93. The third-order valence-electron chi connectivity index (χ3n) is 2.03. The maximum absolute atomic E-state index is 4.12. The van der Waals surface area contributed by atoms with Crippen LogP contribution >= 0.6 is 0 Å². The number of nitrogens with one attached hydrogen (secondary N) is 1. The van der Waals surface area contributed by atoms with Gasteiger partial charge in [-0.1, -0.05) is 0 Å². The smallest absolute Gasteiger partial charge is 0.0492 e. The summed E-state index contributed by atoms with van der Waals surface area (Å²) in [5, 5.41) is 7.26. The maximum atomic E-state index is 4.12. The van der Waals surface area contributed by atoms with Crippen molar-refractivity contribution < 1.29 is 0 Å². The summed E-state index contributed by atoms with van der Waals surface area (Å²) in [6.07, 6.45) is 5.47. The van der Waals surface area contributed by atoms with E-state index in [2.05, 4.69) is 16.5 Å². The molecule has 0 aromatic carbocycles. The quantitative estimate of drug-likeness (QED) is 0.662. The van der Waals surface area contributed by atoms with Gasteiger partial charge in [0.25, 0.3) is 0 Å². The van der Waals surface area contributed by atoms with E-state index in [1.165, 1.54) is 18.5 Å². The zero-order chi connectivity index (χ0) is 8.81. The average molecular weight is 167 g/mol. The SMILES string of the molecule is CNCCCCc1ccnn1C. The van der Waals surface area contributed by atoms with Crippen molar-refractivity contribution in [3.8, 4) is 0 Å². The van der Waals surface area contributed by atoms with Gasteiger partial charge < -0.3 is 5.32 Å². The highest BCUT2D eigenvalue weighted by molar-refractivity contribution is 4.99. The number of hydrogen-bond acceptors (Lipinski definition) is 2. The van der Waals surface area contributed by atoms with Gasteiger partial charge in [0.15, 0.2) is 0 Å². The molecule has 1 rings (SSSR count). The molecule has 0 spiro atoms. The highest BCUT2D eigenvalue weighted by Crippen LogP contribution is 2.02. The Morgan fingerprint density at radius 1 is 1.50 bits per heavy atom. The Labute approximate surface area is 73.8 Å². The third-order valence-corrected chi connectivity index (χ3v) is 2.03. The molecule has 0 saturated carbocycles. The van der Waals surface area contributed by atoms with Crippen LogP contribution in [0.3, 0.4) is 0 Å². The average Bonchev–Trinajstić information content (AvgIpc) is 2.46. The van der Waals surface area contributed by atoms with Gasteiger partial charge in [0.1, 0.15) is 0 Å². The summed E-state index contributed by atoms with van der Waals surface area (Å²) in [5.41, 5.74) is 1.33. The summed E-state index contributed by atoms with van der Waals surface area (Å²) >= 11 is 0. The van der Waals surface area contributed by atoms with Crippen LogP contribution < -0.4 is 5.32 Å². The van der Waals surface area contributed by atoms with E-state index in [1.54, 1.807) is 0 Å². The molecule has 1 heterocycles. The first-order chi connectivity index (χ1) is 5.84. The summed E-state index contributed by atoms with van der Waals surface area (Å²) < 4.78 is 1.94. The lowest BCUT2D eigenvalue weighted by Crippen LogP contribution is -2.08. The van der Waals surface area contributed by atoms with E-state index in [9.17, 15) is 0 Å². The van der Waals surface area contributed by atoms with E-state index in [0.717, 1.165) is 13.0 Å². The molecular formula is C9H17N3. The van der Waals surface area contributed by atoms with Gasteiger partial charge in [-0.2, -0.15) is 5.10 Å². The van der Waals surface area contributed by atoms with Gasteiger partial charge in [0.05, 0.1) is 0 Å². The van der Waals surface area contributed by atoms with Crippen LogP contribution in [0.4, 0.5) is 0 Å². The van der Waals surface area contributed by atoms with E-state index in [-0.39, 0.29) is 0 Å². The first kappa shape index (κ1) is 9.26. The molecule has 0 aliphatic carbocycles. The van der Waals surface area contributed by atoms with Crippen molar-refractivity contribution in [1.29, 1.82) is 0 Å². The van der Waals surface area contributed by atoms with Crippen LogP contribution in [-0.2, 0) is 13.5 Å². The van der Waals surface area contributed by atoms with Crippen LogP contribution in [0.1, 0.15) is 18.5 Å². The van der Waals surface area contributed by atoms with Gasteiger partial charge in [-0.3, -0.25) is 4.68 Å². The second-order valence-corrected chi connectivity index (χ2v) is 3.01. The van der Waals surface area contributed by atoms with Crippen molar-refractivity contribution in [1.82, 2.24) is 15.1 Å². The summed E-state index contributed by atoms with van der Waals surface area (Å²) in [6.45, 7) is 1.11. The number of nitrogens with zero attached hydrogens (tertiary/aromatic N) is 2. The first-order valence-corrected chi connectivity index (χ1v) is 4.46. The van der Waals surface area contributed by atoms with Gasteiger partial charge in [-0.05, 0) is 38.9 Å². The standard InChI is InChI=1S/C9H17N3/c1-10-7-4-3-5-9-6-8-11-12(9)2/h6,8,10H,3-5,7H2,1-2H3. The van der Waals surface area contributed by atoms with Crippen LogP contribution in [0.2, 0.25) is 0 Å². The first-order valence-electron chi connectivity index (χ1n) is 4.46. The highest BCUT2D eigenvalue weighted by atomic mass is 15.2. The number of hydrogen-bond donors (Lipinski definition) is 1. The van der Waals surface area contributed by atoms with E-state index in [4.69, 9.17) is 0 Å². The molecule has 3 heteroatoms. The Balaban J connectivity index is 2.20. The van der Waals surface area contributed by atoms with Crippen molar-refractivity contribution in [2.24, 2.45) is 7.05 Å². The van der Waals surface area contributed by atoms with E-state index >= 15 is 0 Å². The van der Waals surface area contributed by atoms with Crippen LogP contribution in [0.5, 0.6) is 0 Å². The molecule has 0 fully saturated rings. The Kier molecular flexibility index (Phi) is 3.80. The Bertz CT molecular complexity index is 217. The molecule has 0 aliphatic heterocycles. The van der Waals surface area contributed by atoms with Gasteiger partial charge in [-0.15, -0.1) is 0 Å². The molecule has 0 radical (unpaired) electrons. The zero-order valence-corrected chi connectivity index (χ0v) is 7.88. The van der Waals surface area contributed by atoms with Gasteiger partial charge in [0.2, 0.25) is 0 Å². The molecule has 0 atom stereocenters.